The summed E-state index contributed by atoms with van der Waals surface area (Å²) in [6.07, 6.45) is 2.42. The number of hydrogen-bond donors (Lipinski definition) is 2. The first kappa shape index (κ1) is 14.4. The van der Waals surface area contributed by atoms with Crippen molar-refractivity contribution in [3.63, 3.8) is 0 Å². The Morgan fingerprint density at radius 3 is 2.35 bits per heavy atom. The Morgan fingerprint density at radius 2 is 1.70 bits per heavy atom. The van der Waals surface area contributed by atoms with Gasteiger partial charge in [0.05, 0.1) is 13.2 Å². The summed E-state index contributed by atoms with van der Waals surface area (Å²) in [4.78, 5) is 4.05. The molecule has 0 fully saturated rings. The lowest BCUT2D eigenvalue weighted by Crippen LogP contribution is -2.29. The predicted octanol–water partition coefficient (Wildman–Crippen LogP) is 0.609. The average molecular weight is 273 g/mol. The minimum atomic E-state index is -1.45. The van der Waals surface area contributed by atoms with Crippen LogP contribution in [-0.2, 0) is 0 Å². The summed E-state index contributed by atoms with van der Waals surface area (Å²) in [5.41, 5.74) is 0.441. The van der Waals surface area contributed by atoms with Gasteiger partial charge in [-0.05, 0) is 23.7 Å². The van der Waals surface area contributed by atoms with Gasteiger partial charge >= 0.3 is 7.12 Å². The average Bonchev–Trinajstić information content (AvgIpc) is 2.48. The maximum Gasteiger partial charge on any atom is 0.488 e. The van der Waals surface area contributed by atoms with Crippen LogP contribution < -0.4 is 14.9 Å². The van der Waals surface area contributed by atoms with Crippen LogP contribution in [0.25, 0.3) is 0 Å². The fourth-order valence-electron chi connectivity index (χ4n) is 1.59. The van der Waals surface area contributed by atoms with Crippen molar-refractivity contribution in [2.75, 3.05) is 13.2 Å². The molecule has 0 aliphatic carbocycles. The molecular weight excluding hydrogens is 257 g/mol. The molecule has 20 heavy (non-hydrogen) atoms. The van der Waals surface area contributed by atoms with Crippen LogP contribution in [0.5, 0.6) is 11.6 Å². The van der Waals surface area contributed by atoms with E-state index < -0.39 is 7.12 Å². The summed E-state index contributed by atoms with van der Waals surface area (Å²) in [6.45, 7) is 1.05. The number of pyridine rings is 1. The molecule has 1 aromatic heterocycles. The van der Waals surface area contributed by atoms with Crippen LogP contribution in [0.3, 0.4) is 0 Å². The third kappa shape index (κ3) is 4.57. The van der Waals surface area contributed by atoms with Crippen molar-refractivity contribution >= 4 is 12.6 Å². The zero-order chi connectivity index (χ0) is 14.2. The maximum absolute atomic E-state index is 8.96. The van der Waals surface area contributed by atoms with Gasteiger partial charge in [0.2, 0.25) is 5.88 Å². The monoisotopic (exact) mass is 273 g/mol. The molecule has 0 saturated heterocycles. The fraction of sp³-hybridized carbons (Fsp3) is 0.214. The van der Waals surface area contributed by atoms with E-state index in [2.05, 4.69) is 4.98 Å². The zero-order valence-corrected chi connectivity index (χ0v) is 11.0. The highest BCUT2D eigenvalue weighted by atomic mass is 16.5. The lowest BCUT2D eigenvalue weighted by atomic mass is 9.80. The van der Waals surface area contributed by atoms with E-state index in [1.54, 1.807) is 36.5 Å². The van der Waals surface area contributed by atoms with Crippen LogP contribution in [0.4, 0.5) is 0 Å². The Labute approximate surface area is 118 Å². The smallest absolute Gasteiger partial charge is 0.488 e. The second-order valence-corrected chi connectivity index (χ2v) is 4.16. The standard InChI is InChI=1S/C14H16BNO4/c17-15(18)12-5-7-13(8-6-12)19-10-3-11-20-14-4-1-2-9-16-14/h1-2,4-9,17-18H,3,10-11H2. The summed E-state index contributed by atoms with van der Waals surface area (Å²) < 4.78 is 11.0. The van der Waals surface area contributed by atoms with Gasteiger partial charge in [-0.1, -0.05) is 18.2 Å². The summed E-state index contributed by atoms with van der Waals surface area (Å²) in [5, 5.41) is 17.9. The lowest BCUT2D eigenvalue weighted by Gasteiger charge is -2.08. The molecule has 2 rings (SSSR count). The first-order valence-corrected chi connectivity index (χ1v) is 6.38. The summed E-state index contributed by atoms with van der Waals surface area (Å²) in [7, 11) is -1.45. The summed E-state index contributed by atoms with van der Waals surface area (Å²) in [6, 6.07) is 12.1. The van der Waals surface area contributed by atoms with Crippen molar-refractivity contribution in [2.24, 2.45) is 0 Å². The summed E-state index contributed by atoms with van der Waals surface area (Å²) in [5.74, 6) is 1.29. The SMILES string of the molecule is OB(O)c1ccc(OCCCOc2ccccn2)cc1. The van der Waals surface area contributed by atoms with Gasteiger partial charge in [0, 0.05) is 18.7 Å². The van der Waals surface area contributed by atoms with Gasteiger partial charge in [-0.3, -0.25) is 0 Å². The fourth-order valence-corrected chi connectivity index (χ4v) is 1.59. The normalized spacial score (nSPS) is 10.1. The number of benzene rings is 1. The van der Waals surface area contributed by atoms with Crippen molar-refractivity contribution in [2.45, 2.75) is 6.42 Å². The Bertz CT molecular complexity index is 504. The third-order valence-electron chi connectivity index (χ3n) is 2.62. The Morgan fingerprint density at radius 1 is 0.950 bits per heavy atom. The van der Waals surface area contributed by atoms with Gasteiger partial charge in [-0.15, -0.1) is 0 Å². The molecule has 0 saturated carbocycles. The second-order valence-electron chi connectivity index (χ2n) is 4.16. The maximum atomic E-state index is 8.96. The van der Waals surface area contributed by atoms with Gasteiger partial charge < -0.3 is 19.5 Å². The van der Waals surface area contributed by atoms with Crippen molar-refractivity contribution in [3.05, 3.63) is 48.7 Å². The van der Waals surface area contributed by atoms with E-state index in [1.165, 1.54) is 0 Å². The van der Waals surface area contributed by atoms with E-state index in [4.69, 9.17) is 19.5 Å². The molecule has 0 aliphatic rings. The van der Waals surface area contributed by atoms with Crippen molar-refractivity contribution in [1.29, 1.82) is 0 Å². The molecule has 5 nitrogen and oxygen atoms in total. The Balaban J connectivity index is 1.66. The minimum absolute atomic E-state index is 0.441. The van der Waals surface area contributed by atoms with Gasteiger partial charge in [0.1, 0.15) is 5.75 Å². The molecule has 6 heteroatoms. The molecule has 0 atom stereocenters. The van der Waals surface area contributed by atoms with E-state index in [-0.39, 0.29) is 0 Å². The van der Waals surface area contributed by atoms with Gasteiger partial charge in [0.25, 0.3) is 0 Å². The van der Waals surface area contributed by atoms with Crippen LogP contribution in [0, 0.1) is 0 Å². The molecule has 0 amide bonds. The highest BCUT2D eigenvalue weighted by Gasteiger charge is 2.09. The minimum Gasteiger partial charge on any atom is -0.493 e. The molecule has 0 bridgehead atoms. The molecular formula is C14H16BNO4. The molecule has 2 aromatic rings. The molecule has 1 heterocycles. The Hall–Kier alpha value is -2.05. The second kappa shape index (κ2) is 7.52. The quantitative estimate of drug-likeness (QED) is 0.571. The molecule has 1 aromatic carbocycles. The summed E-state index contributed by atoms with van der Waals surface area (Å²) >= 11 is 0. The molecule has 0 aliphatic heterocycles. The lowest BCUT2D eigenvalue weighted by molar-refractivity contribution is 0.242. The van der Waals surface area contributed by atoms with Crippen molar-refractivity contribution < 1.29 is 19.5 Å². The highest BCUT2D eigenvalue weighted by Crippen LogP contribution is 2.08. The van der Waals surface area contributed by atoms with E-state index in [0.29, 0.717) is 30.3 Å². The number of rotatable bonds is 7. The molecule has 2 N–H and O–H groups in total. The van der Waals surface area contributed by atoms with Crippen LogP contribution >= 0.6 is 0 Å². The highest BCUT2D eigenvalue weighted by molar-refractivity contribution is 6.58. The Kier molecular flexibility index (Phi) is 5.40. The van der Waals surface area contributed by atoms with Gasteiger partial charge in [0.15, 0.2) is 0 Å². The number of ether oxygens (including phenoxy) is 2. The number of nitrogens with zero attached hydrogens (tertiary/aromatic N) is 1. The largest absolute Gasteiger partial charge is 0.493 e. The molecule has 0 radical (unpaired) electrons. The van der Waals surface area contributed by atoms with Crippen molar-refractivity contribution in [3.8, 4) is 11.6 Å². The topological polar surface area (TPSA) is 71.8 Å². The molecule has 104 valence electrons. The molecule has 0 spiro atoms. The predicted molar refractivity (Wildman–Crippen MR) is 76.1 cm³/mol. The van der Waals surface area contributed by atoms with Gasteiger partial charge in [-0.2, -0.15) is 0 Å². The van der Waals surface area contributed by atoms with E-state index in [0.717, 1.165) is 6.42 Å². The first-order chi connectivity index (χ1) is 9.75. The van der Waals surface area contributed by atoms with Crippen LogP contribution in [-0.4, -0.2) is 35.4 Å². The third-order valence-corrected chi connectivity index (χ3v) is 2.62. The van der Waals surface area contributed by atoms with Crippen LogP contribution in [0.1, 0.15) is 6.42 Å². The van der Waals surface area contributed by atoms with E-state index in [1.807, 2.05) is 12.1 Å². The van der Waals surface area contributed by atoms with Crippen LogP contribution in [0.2, 0.25) is 0 Å². The van der Waals surface area contributed by atoms with E-state index in [9.17, 15) is 0 Å². The van der Waals surface area contributed by atoms with Crippen molar-refractivity contribution in [1.82, 2.24) is 4.98 Å². The van der Waals surface area contributed by atoms with E-state index >= 15 is 0 Å². The first-order valence-electron chi connectivity index (χ1n) is 6.38. The van der Waals surface area contributed by atoms with Crippen LogP contribution in [0.15, 0.2) is 48.7 Å². The number of hydrogen-bond acceptors (Lipinski definition) is 5. The number of aromatic nitrogens is 1. The van der Waals surface area contributed by atoms with Gasteiger partial charge in [-0.25, -0.2) is 4.98 Å². The zero-order valence-electron chi connectivity index (χ0n) is 11.0. The molecule has 0 unspecified atom stereocenters.